The Labute approximate surface area is 124 Å². The van der Waals surface area contributed by atoms with E-state index in [0.29, 0.717) is 11.8 Å². The molecule has 114 valence electrons. The number of hydrogen-bond donors (Lipinski definition) is 0. The third-order valence-corrected chi connectivity index (χ3v) is 3.93. The maximum atomic E-state index is 10.9. The molecule has 0 fully saturated rings. The van der Waals surface area contributed by atoms with Crippen LogP contribution in [0.5, 0.6) is 0 Å². The summed E-state index contributed by atoms with van der Waals surface area (Å²) in [5.41, 5.74) is 0. The number of rotatable bonds is 13. The highest BCUT2D eigenvalue weighted by Gasteiger charge is 2.03. The van der Waals surface area contributed by atoms with E-state index < -0.39 is 0 Å². The van der Waals surface area contributed by atoms with Crippen LogP contribution in [0, 0.1) is 0 Å². The van der Waals surface area contributed by atoms with Gasteiger partial charge in [0.1, 0.15) is 0 Å². The molecule has 1 unspecified atom stereocenters. The number of halogens is 1. The van der Waals surface area contributed by atoms with Gasteiger partial charge in [-0.15, -0.1) is 11.6 Å². The summed E-state index contributed by atoms with van der Waals surface area (Å²) in [5.74, 6) is -0.0831. The quantitative estimate of drug-likeness (QED) is 0.255. The molecule has 0 N–H and O–H groups in total. The van der Waals surface area contributed by atoms with Crippen molar-refractivity contribution in [1.82, 2.24) is 0 Å². The van der Waals surface area contributed by atoms with Crippen molar-refractivity contribution in [3.8, 4) is 0 Å². The van der Waals surface area contributed by atoms with Crippen LogP contribution in [0.3, 0.4) is 0 Å². The zero-order valence-corrected chi connectivity index (χ0v) is 13.5. The van der Waals surface area contributed by atoms with Crippen molar-refractivity contribution in [3.63, 3.8) is 0 Å². The fraction of sp³-hybridized carbons (Fsp3) is 0.938. The smallest absolute Gasteiger partial charge is 0.305 e. The highest BCUT2D eigenvalue weighted by Crippen LogP contribution is 2.16. The number of alkyl halides is 1. The van der Waals surface area contributed by atoms with Crippen LogP contribution >= 0.6 is 11.6 Å². The number of unbranched alkanes of at least 4 members (excludes halogenated alkanes) is 7. The molecule has 0 bridgehead atoms. The van der Waals surface area contributed by atoms with Crippen molar-refractivity contribution < 1.29 is 9.53 Å². The van der Waals surface area contributed by atoms with Crippen LogP contribution in [-0.4, -0.2) is 18.5 Å². The lowest BCUT2D eigenvalue weighted by molar-refractivity contribution is -0.140. The van der Waals surface area contributed by atoms with Crippen LogP contribution in [0.25, 0.3) is 0 Å². The van der Waals surface area contributed by atoms with Crippen LogP contribution in [0.1, 0.15) is 84.0 Å². The average Bonchev–Trinajstić information content (AvgIpc) is 2.42. The second-order valence-electron chi connectivity index (χ2n) is 5.33. The summed E-state index contributed by atoms with van der Waals surface area (Å²) in [6.07, 6.45) is 13.9. The topological polar surface area (TPSA) is 26.3 Å². The van der Waals surface area contributed by atoms with Gasteiger partial charge in [0.25, 0.3) is 0 Å². The maximum absolute atomic E-state index is 10.9. The highest BCUT2D eigenvalue weighted by atomic mass is 35.5. The summed E-state index contributed by atoms with van der Waals surface area (Å²) >= 11 is 6.24. The molecule has 0 saturated heterocycles. The number of hydrogen-bond acceptors (Lipinski definition) is 2. The first kappa shape index (κ1) is 18.8. The Morgan fingerprint density at radius 1 is 0.947 bits per heavy atom. The number of ether oxygens (including phenoxy) is 1. The molecule has 1 atom stereocenters. The van der Waals surface area contributed by atoms with Gasteiger partial charge in [0.15, 0.2) is 0 Å². The van der Waals surface area contributed by atoms with Gasteiger partial charge in [-0.05, 0) is 19.3 Å². The standard InChI is InChI=1S/C16H31ClO2/c1-3-4-12-15(17)13-10-8-6-5-7-9-11-14-16(18)19-2/h15H,3-14H2,1-2H3. The Balaban J connectivity index is 3.12. The van der Waals surface area contributed by atoms with E-state index in [1.165, 1.54) is 64.9 Å². The van der Waals surface area contributed by atoms with Crippen molar-refractivity contribution >= 4 is 17.6 Å². The minimum Gasteiger partial charge on any atom is -0.469 e. The summed E-state index contributed by atoms with van der Waals surface area (Å²) in [5, 5.41) is 0.389. The molecule has 19 heavy (non-hydrogen) atoms. The first-order chi connectivity index (χ1) is 9.20. The Bertz CT molecular complexity index is 207. The van der Waals surface area contributed by atoms with Gasteiger partial charge in [0.2, 0.25) is 0 Å². The largest absolute Gasteiger partial charge is 0.469 e. The van der Waals surface area contributed by atoms with Gasteiger partial charge < -0.3 is 4.74 Å². The molecule has 0 aromatic rings. The molecule has 0 aliphatic heterocycles. The van der Waals surface area contributed by atoms with E-state index in [0.717, 1.165) is 12.8 Å². The molecule has 0 rings (SSSR count). The van der Waals surface area contributed by atoms with Gasteiger partial charge in [-0.1, -0.05) is 58.3 Å². The van der Waals surface area contributed by atoms with Crippen LogP contribution in [0.15, 0.2) is 0 Å². The predicted molar refractivity (Wildman–Crippen MR) is 82.7 cm³/mol. The minimum absolute atomic E-state index is 0.0831. The highest BCUT2D eigenvalue weighted by molar-refractivity contribution is 6.20. The first-order valence-corrected chi connectivity index (χ1v) is 8.35. The number of esters is 1. The molecule has 2 nitrogen and oxygen atoms in total. The molecule has 0 aromatic heterocycles. The van der Waals surface area contributed by atoms with E-state index in [2.05, 4.69) is 11.7 Å². The monoisotopic (exact) mass is 290 g/mol. The Hall–Kier alpha value is -0.240. The minimum atomic E-state index is -0.0831. The molecule has 0 aliphatic carbocycles. The number of carbonyl (C=O) groups is 1. The lowest BCUT2D eigenvalue weighted by Gasteiger charge is -2.08. The van der Waals surface area contributed by atoms with Crippen LogP contribution in [0.4, 0.5) is 0 Å². The molecule has 0 aliphatic rings. The average molecular weight is 291 g/mol. The molecule has 0 spiro atoms. The first-order valence-electron chi connectivity index (χ1n) is 7.91. The Morgan fingerprint density at radius 3 is 2.05 bits per heavy atom. The van der Waals surface area contributed by atoms with Gasteiger partial charge >= 0.3 is 5.97 Å². The van der Waals surface area contributed by atoms with E-state index >= 15 is 0 Å². The van der Waals surface area contributed by atoms with Crippen LogP contribution in [-0.2, 0) is 9.53 Å². The molecule has 3 heteroatoms. The van der Waals surface area contributed by atoms with Crippen molar-refractivity contribution in [2.75, 3.05) is 7.11 Å². The third-order valence-electron chi connectivity index (χ3n) is 3.50. The molecule has 0 aromatic carbocycles. The molecule has 0 radical (unpaired) electrons. The zero-order valence-electron chi connectivity index (χ0n) is 12.8. The zero-order chi connectivity index (χ0) is 14.3. The van der Waals surface area contributed by atoms with Crippen molar-refractivity contribution in [3.05, 3.63) is 0 Å². The van der Waals surface area contributed by atoms with Gasteiger partial charge in [-0.25, -0.2) is 0 Å². The van der Waals surface area contributed by atoms with Crippen molar-refractivity contribution in [2.45, 2.75) is 89.4 Å². The summed E-state index contributed by atoms with van der Waals surface area (Å²) in [6.45, 7) is 2.21. The third kappa shape index (κ3) is 14.0. The van der Waals surface area contributed by atoms with Crippen LogP contribution < -0.4 is 0 Å². The summed E-state index contributed by atoms with van der Waals surface area (Å²) in [6, 6.07) is 0. The summed E-state index contributed by atoms with van der Waals surface area (Å²) in [7, 11) is 1.45. The maximum Gasteiger partial charge on any atom is 0.305 e. The van der Waals surface area contributed by atoms with E-state index in [9.17, 15) is 4.79 Å². The molecule has 0 amide bonds. The SMILES string of the molecule is CCCCC(Cl)CCCCCCCCCC(=O)OC. The van der Waals surface area contributed by atoms with E-state index in [1.807, 2.05) is 0 Å². The van der Waals surface area contributed by atoms with Gasteiger partial charge in [0.05, 0.1) is 7.11 Å². The van der Waals surface area contributed by atoms with Crippen molar-refractivity contribution in [1.29, 1.82) is 0 Å². The summed E-state index contributed by atoms with van der Waals surface area (Å²) in [4.78, 5) is 10.9. The van der Waals surface area contributed by atoms with Gasteiger partial charge in [-0.3, -0.25) is 4.79 Å². The lowest BCUT2D eigenvalue weighted by Crippen LogP contribution is -1.99. The molecular weight excluding hydrogens is 260 g/mol. The fourth-order valence-electron chi connectivity index (χ4n) is 2.19. The molecular formula is C16H31ClO2. The Morgan fingerprint density at radius 2 is 1.47 bits per heavy atom. The number of carbonyl (C=O) groups excluding carboxylic acids is 1. The van der Waals surface area contributed by atoms with Gasteiger partial charge in [-0.2, -0.15) is 0 Å². The summed E-state index contributed by atoms with van der Waals surface area (Å²) < 4.78 is 4.61. The van der Waals surface area contributed by atoms with E-state index in [4.69, 9.17) is 11.6 Å². The second-order valence-corrected chi connectivity index (χ2v) is 5.95. The normalized spacial score (nSPS) is 12.4. The lowest BCUT2D eigenvalue weighted by atomic mass is 10.0. The van der Waals surface area contributed by atoms with Crippen LogP contribution in [0.2, 0.25) is 0 Å². The van der Waals surface area contributed by atoms with E-state index in [1.54, 1.807) is 0 Å². The second kappa shape index (κ2) is 14.2. The predicted octanol–water partition coefficient (Wildman–Crippen LogP) is 5.47. The Kier molecular flexibility index (Phi) is 14.0. The fourth-order valence-corrected chi connectivity index (χ4v) is 2.50. The van der Waals surface area contributed by atoms with Gasteiger partial charge in [0, 0.05) is 11.8 Å². The van der Waals surface area contributed by atoms with Crippen molar-refractivity contribution in [2.24, 2.45) is 0 Å². The number of methoxy groups -OCH3 is 1. The molecule has 0 saturated carbocycles. The molecule has 0 heterocycles. The van der Waals surface area contributed by atoms with E-state index in [-0.39, 0.29) is 5.97 Å².